The summed E-state index contributed by atoms with van der Waals surface area (Å²) in [5.74, 6) is 2.40. The number of anilines is 1. The van der Waals surface area contributed by atoms with Crippen LogP contribution in [-0.4, -0.2) is 39.7 Å². The third kappa shape index (κ3) is 2.41. The van der Waals surface area contributed by atoms with Crippen LogP contribution >= 0.6 is 0 Å². The van der Waals surface area contributed by atoms with E-state index in [1.165, 1.54) is 11.9 Å². The molecule has 7 nitrogen and oxygen atoms in total. The first-order valence-electron chi connectivity index (χ1n) is 7.16. The lowest BCUT2D eigenvalue weighted by Gasteiger charge is -2.18. The molecule has 4 rings (SSSR count). The van der Waals surface area contributed by atoms with Gasteiger partial charge < -0.3 is 19.8 Å². The van der Waals surface area contributed by atoms with Gasteiger partial charge in [-0.15, -0.1) is 0 Å². The zero-order valence-corrected chi connectivity index (χ0v) is 11.9. The Morgan fingerprint density at radius 3 is 2.95 bits per heavy atom. The first-order chi connectivity index (χ1) is 10.9. The Kier molecular flexibility index (Phi) is 3.23. The van der Waals surface area contributed by atoms with E-state index in [1.54, 1.807) is 6.33 Å². The molecule has 0 atom stereocenters. The number of nitrogens with one attached hydrogen (secondary N) is 2. The van der Waals surface area contributed by atoms with Crippen LogP contribution in [0.3, 0.4) is 0 Å². The molecule has 7 heteroatoms. The molecule has 2 aromatic heterocycles. The minimum absolute atomic E-state index is 0.605. The van der Waals surface area contributed by atoms with Crippen molar-refractivity contribution in [3.8, 4) is 11.5 Å². The van der Waals surface area contributed by atoms with Gasteiger partial charge in [-0.05, 0) is 24.1 Å². The maximum Gasteiger partial charge on any atom is 0.182 e. The lowest BCUT2D eigenvalue weighted by atomic mass is 10.1. The number of nitrogens with zero attached hydrogens (tertiary/aromatic N) is 3. The lowest BCUT2D eigenvalue weighted by molar-refractivity contribution is 0.171. The fraction of sp³-hybridized carbons (Fsp3) is 0.267. The SMILES string of the molecule is c1nc(NCCc2ccc3c(c2)OCCO3)c2[nH]cnc2n1. The second kappa shape index (κ2) is 5.51. The molecule has 1 aliphatic heterocycles. The molecule has 3 heterocycles. The van der Waals surface area contributed by atoms with E-state index in [4.69, 9.17) is 9.47 Å². The standard InChI is InChI=1S/C15H15N5O2/c1-2-11-12(22-6-5-21-11)7-10(1)3-4-16-14-13-15(18-8-17-13)20-9-19-14/h1-2,7-9H,3-6H2,(H2,16,17,18,19,20). The number of ether oxygens (including phenoxy) is 2. The van der Waals surface area contributed by atoms with Crippen LogP contribution in [0, 0.1) is 0 Å². The van der Waals surface area contributed by atoms with Crippen LogP contribution in [0.15, 0.2) is 30.9 Å². The molecule has 0 spiro atoms. The van der Waals surface area contributed by atoms with E-state index < -0.39 is 0 Å². The Hall–Kier alpha value is -2.83. The summed E-state index contributed by atoms with van der Waals surface area (Å²) < 4.78 is 11.1. The number of hydrogen-bond acceptors (Lipinski definition) is 6. The lowest BCUT2D eigenvalue weighted by Crippen LogP contribution is -2.15. The highest BCUT2D eigenvalue weighted by Crippen LogP contribution is 2.30. The molecule has 0 aliphatic carbocycles. The summed E-state index contributed by atoms with van der Waals surface area (Å²) in [4.78, 5) is 15.5. The van der Waals surface area contributed by atoms with Crippen LogP contribution in [0.4, 0.5) is 5.82 Å². The van der Waals surface area contributed by atoms with Crippen LogP contribution in [0.2, 0.25) is 0 Å². The highest BCUT2D eigenvalue weighted by molar-refractivity contribution is 5.81. The van der Waals surface area contributed by atoms with Gasteiger partial charge in [0.2, 0.25) is 0 Å². The molecule has 0 saturated carbocycles. The number of benzene rings is 1. The Morgan fingerprint density at radius 1 is 1.09 bits per heavy atom. The van der Waals surface area contributed by atoms with E-state index in [9.17, 15) is 0 Å². The van der Waals surface area contributed by atoms with Crippen LogP contribution < -0.4 is 14.8 Å². The summed E-state index contributed by atoms with van der Waals surface area (Å²) in [5, 5.41) is 3.31. The van der Waals surface area contributed by atoms with Crippen molar-refractivity contribution in [2.24, 2.45) is 0 Å². The van der Waals surface area contributed by atoms with Crippen molar-refractivity contribution >= 4 is 17.0 Å². The van der Waals surface area contributed by atoms with E-state index in [0.717, 1.165) is 35.8 Å². The molecule has 0 amide bonds. The Balaban J connectivity index is 1.44. The van der Waals surface area contributed by atoms with Gasteiger partial charge in [-0.3, -0.25) is 0 Å². The first-order valence-corrected chi connectivity index (χ1v) is 7.16. The smallest absolute Gasteiger partial charge is 0.182 e. The van der Waals surface area contributed by atoms with Gasteiger partial charge in [0, 0.05) is 6.54 Å². The van der Waals surface area contributed by atoms with Gasteiger partial charge in [-0.25, -0.2) is 15.0 Å². The average Bonchev–Trinajstić information content (AvgIpc) is 3.04. The minimum atomic E-state index is 0.605. The van der Waals surface area contributed by atoms with Crippen molar-refractivity contribution in [3.05, 3.63) is 36.4 Å². The summed E-state index contributed by atoms with van der Waals surface area (Å²) in [7, 11) is 0. The van der Waals surface area contributed by atoms with Gasteiger partial charge in [0.1, 0.15) is 25.1 Å². The predicted molar refractivity (Wildman–Crippen MR) is 81.3 cm³/mol. The number of H-pyrrole nitrogens is 1. The monoisotopic (exact) mass is 297 g/mol. The van der Waals surface area contributed by atoms with Crippen LogP contribution in [0.25, 0.3) is 11.2 Å². The average molecular weight is 297 g/mol. The number of hydrogen-bond donors (Lipinski definition) is 2. The molecule has 0 fully saturated rings. The number of aromatic nitrogens is 4. The third-order valence-electron chi connectivity index (χ3n) is 3.54. The largest absolute Gasteiger partial charge is 0.486 e. The van der Waals surface area contributed by atoms with E-state index in [2.05, 4.69) is 31.3 Å². The van der Waals surface area contributed by atoms with E-state index in [1.807, 2.05) is 12.1 Å². The maximum atomic E-state index is 5.60. The van der Waals surface area contributed by atoms with Gasteiger partial charge in [0.15, 0.2) is 23.0 Å². The third-order valence-corrected chi connectivity index (χ3v) is 3.54. The predicted octanol–water partition coefficient (Wildman–Crippen LogP) is 1.78. The molecule has 0 unspecified atom stereocenters. The van der Waals surface area contributed by atoms with Crippen molar-refractivity contribution < 1.29 is 9.47 Å². The zero-order chi connectivity index (χ0) is 14.8. The molecular weight excluding hydrogens is 282 g/mol. The highest BCUT2D eigenvalue weighted by atomic mass is 16.6. The number of imidazole rings is 1. The molecule has 112 valence electrons. The van der Waals surface area contributed by atoms with Crippen molar-refractivity contribution in [2.45, 2.75) is 6.42 Å². The summed E-state index contributed by atoms with van der Waals surface area (Å²) in [6.07, 6.45) is 3.98. The fourth-order valence-electron chi connectivity index (χ4n) is 2.47. The van der Waals surface area contributed by atoms with Gasteiger partial charge in [-0.1, -0.05) is 6.07 Å². The van der Waals surface area contributed by atoms with E-state index in [-0.39, 0.29) is 0 Å². The van der Waals surface area contributed by atoms with Gasteiger partial charge >= 0.3 is 0 Å². The molecule has 2 N–H and O–H groups in total. The minimum Gasteiger partial charge on any atom is -0.486 e. The summed E-state index contributed by atoms with van der Waals surface area (Å²) in [6.45, 7) is 1.97. The van der Waals surface area contributed by atoms with E-state index >= 15 is 0 Å². The van der Waals surface area contributed by atoms with Crippen molar-refractivity contribution in [1.29, 1.82) is 0 Å². The Morgan fingerprint density at radius 2 is 2.00 bits per heavy atom. The normalized spacial score (nSPS) is 13.3. The number of fused-ring (bicyclic) bond motifs is 2. The molecule has 0 radical (unpaired) electrons. The maximum absolute atomic E-state index is 5.60. The van der Waals surface area contributed by atoms with Gasteiger partial charge in [0.25, 0.3) is 0 Å². The quantitative estimate of drug-likeness (QED) is 0.763. The second-order valence-corrected chi connectivity index (χ2v) is 4.98. The van der Waals surface area contributed by atoms with Crippen LogP contribution in [0.1, 0.15) is 5.56 Å². The highest BCUT2D eigenvalue weighted by Gasteiger charge is 2.11. The van der Waals surface area contributed by atoms with Crippen molar-refractivity contribution in [3.63, 3.8) is 0 Å². The summed E-state index contributed by atoms with van der Waals surface area (Å²) in [5.41, 5.74) is 2.67. The molecular formula is C15H15N5O2. The second-order valence-electron chi connectivity index (χ2n) is 4.98. The van der Waals surface area contributed by atoms with Crippen LogP contribution in [-0.2, 0) is 6.42 Å². The molecule has 1 aromatic carbocycles. The topological polar surface area (TPSA) is 85.0 Å². The Bertz CT molecular complexity index is 801. The molecule has 22 heavy (non-hydrogen) atoms. The first kappa shape index (κ1) is 12.9. The number of rotatable bonds is 4. The number of aromatic amines is 1. The fourth-order valence-corrected chi connectivity index (χ4v) is 2.47. The van der Waals surface area contributed by atoms with E-state index in [0.29, 0.717) is 18.9 Å². The molecule has 0 saturated heterocycles. The van der Waals surface area contributed by atoms with Gasteiger partial charge in [0.05, 0.1) is 6.33 Å². The van der Waals surface area contributed by atoms with Crippen molar-refractivity contribution in [2.75, 3.05) is 25.1 Å². The van der Waals surface area contributed by atoms with Crippen LogP contribution in [0.5, 0.6) is 11.5 Å². The molecule has 3 aromatic rings. The summed E-state index contributed by atoms with van der Waals surface area (Å²) >= 11 is 0. The van der Waals surface area contributed by atoms with Gasteiger partial charge in [-0.2, -0.15) is 0 Å². The molecule has 1 aliphatic rings. The van der Waals surface area contributed by atoms with Crippen molar-refractivity contribution in [1.82, 2.24) is 19.9 Å². The zero-order valence-electron chi connectivity index (χ0n) is 11.9. The molecule has 0 bridgehead atoms. The summed E-state index contributed by atoms with van der Waals surface area (Å²) in [6, 6.07) is 6.05. The Labute approximate surface area is 126 Å².